The molecule has 5 heteroatoms. The quantitative estimate of drug-likeness (QED) is 0.942. The Kier molecular flexibility index (Phi) is 4.34. The molecule has 0 unspecified atom stereocenters. The maximum atomic E-state index is 11.5. The SMILES string of the molecule is COc1c(C)cc(-c2ccc(S(C)(=O)=O)cc2)cc1CN. The Balaban J connectivity index is 2.50. The van der Waals surface area contributed by atoms with Crippen LogP contribution in [-0.2, 0) is 16.4 Å². The van der Waals surface area contributed by atoms with E-state index >= 15 is 0 Å². The van der Waals surface area contributed by atoms with Crippen molar-refractivity contribution in [3.8, 4) is 16.9 Å². The van der Waals surface area contributed by atoms with Crippen LogP contribution in [0.3, 0.4) is 0 Å². The van der Waals surface area contributed by atoms with E-state index in [0.29, 0.717) is 11.4 Å². The molecule has 2 rings (SSSR count). The van der Waals surface area contributed by atoms with Crippen molar-refractivity contribution in [2.45, 2.75) is 18.4 Å². The van der Waals surface area contributed by atoms with Crippen LogP contribution >= 0.6 is 0 Å². The number of sulfone groups is 1. The van der Waals surface area contributed by atoms with E-state index in [2.05, 4.69) is 0 Å². The second-order valence-corrected chi connectivity index (χ2v) is 7.00. The number of rotatable bonds is 4. The van der Waals surface area contributed by atoms with Gasteiger partial charge < -0.3 is 10.5 Å². The second kappa shape index (κ2) is 5.87. The highest BCUT2D eigenvalue weighted by Crippen LogP contribution is 2.30. The molecule has 0 aliphatic carbocycles. The van der Waals surface area contributed by atoms with E-state index in [1.54, 1.807) is 31.4 Å². The number of aryl methyl sites for hydroxylation is 1. The monoisotopic (exact) mass is 305 g/mol. The van der Waals surface area contributed by atoms with E-state index in [9.17, 15) is 8.42 Å². The van der Waals surface area contributed by atoms with Crippen molar-refractivity contribution in [3.63, 3.8) is 0 Å². The molecule has 0 radical (unpaired) electrons. The zero-order valence-electron chi connectivity index (χ0n) is 12.4. The summed E-state index contributed by atoms with van der Waals surface area (Å²) in [5, 5.41) is 0. The minimum atomic E-state index is -3.17. The van der Waals surface area contributed by atoms with E-state index in [-0.39, 0.29) is 0 Å². The Morgan fingerprint density at radius 3 is 2.19 bits per heavy atom. The molecule has 0 aliphatic rings. The third-order valence-corrected chi connectivity index (χ3v) is 4.52. The summed E-state index contributed by atoms with van der Waals surface area (Å²) in [5.74, 6) is 0.800. The zero-order valence-corrected chi connectivity index (χ0v) is 13.2. The van der Waals surface area contributed by atoms with Gasteiger partial charge in [-0.15, -0.1) is 0 Å². The fourth-order valence-corrected chi connectivity index (χ4v) is 2.98. The molecule has 2 N–H and O–H groups in total. The Hall–Kier alpha value is -1.85. The summed E-state index contributed by atoms with van der Waals surface area (Å²) in [6.45, 7) is 2.35. The first-order valence-electron chi connectivity index (χ1n) is 6.55. The van der Waals surface area contributed by atoms with E-state index in [0.717, 1.165) is 28.0 Å². The van der Waals surface area contributed by atoms with Crippen LogP contribution in [0.15, 0.2) is 41.3 Å². The molecule has 0 atom stereocenters. The minimum absolute atomic E-state index is 0.315. The molecule has 0 spiro atoms. The molecular formula is C16H19NO3S. The number of hydrogen-bond acceptors (Lipinski definition) is 4. The average molecular weight is 305 g/mol. The minimum Gasteiger partial charge on any atom is -0.496 e. The Bertz CT molecular complexity index is 750. The highest BCUT2D eigenvalue weighted by atomic mass is 32.2. The van der Waals surface area contributed by atoms with Gasteiger partial charge >= 0.3 is 0 Å². The largest absolute Gasteiger partial charge is 0.496 e. The second-order valence-electron chi connectivity index (χ2n) is 4.99. The Morgan fingerprint density at radius 2 is 1.71 bits per heavy atom. The number of benzene rings is 2. The van der Waals surface area contributed by atoms with Crippen molar-refractivity contribution < 1.29 is 13.2 Å². The molecule has 2 aromatic carbocycles. The standard InChI is InChI=1S/C16H19NO3S/c1-11-8-13(9-14(10-17)16(11)20-2)12-4-6-15(7-5-12)21(3,18)19/h4-9H,10,17H2,1-3H3. The van der Waals surface area contributed by atoms with Gasteiger partial charge in [0.05, 0.1) is 12.0 Å². The van der Waals surface area contributed by atoms with Crippen LogP contribution < -0.4 is 10.5 Å². The fourth-order valence-electron chi connectivity index (χ4n) is 2.35. The summed E-state index contributed by atoms with van der Waals surface area (Å²) < 4.78 is 28.3. The van der Waals surface area contributed by atoms with E-state index in [1.165, 1.54) is 6.26 Å². The molecule has 0 amide bonds. The van der Waals surface area contributed by atoms with Gasteiger partial charge in [0, 0.05) is 18.4 Å². The van der Waals surface area contributed by atoms with Crippen LogP contribution in [0.2, 0.25) is 0 Å². The van der Waals surface area contributed by atoms with Crippen LogP contribution in [0.5, 0.6) is 5.75 Å². The highest BCUT2D eigenvalue weighted by Gasteiger charge is 2.10. The summed E-state index contributed by atoms with van der Waals surface area (Å²) >= 11 is 0. The summed E-state index contributed by atoms with van der Waals surface area (Å²) in [7, 11) is -1.55. The molecule has 0 aliphatic heterocycles. The third-order valence-electron chi connectivity index (χ3n) is 3.39. The summed E-state index contributed by atoms with van der Waals surface area (Å²) in [5.41, 5.74) is 9.64. The number of nitrogens with two attached hydrogens (primary N) is 1. The van der Waals surface area contributed by atoms with Gasteiger partial charge in [-0.05, 0) is 47.9 Å². The van der Waals surface area contributed by atoms with Crippen molar-refractivity contribution in [2.75, 3.05) is 13.4 Å². The van der Waals surface area contributed by atoms with Crippen molar-refractivity contribution in [1.82, 2.24) is 0 Å². The molecule has 0 heterocycles. The van der Waals surface area contributed by atoms with Gasteiger partial charge in [-0.2, -0.15) is 0 Å². The van der Waals surface area contributed by atoms with Crippen LogP contribution in [0, 0.1) is 6.92 Å². The molecule has 0 fully saturated rings. The lowest BCUT2D eigenvalue weighted by atomic mass is 9.99. The molecule has 4 nitrogen and oxygen atoms in total. The predicted molar refractivity (Wildman–Crippen MR) is 84.2 cm³/mol. The molecule has 0 saturated carbocycles. The van der Waals surface area contributed by atoms with Gasteiger partial charge in [0.15, 0.2) is 9.84 Å². The molecule has 112 valence electrons. The summed E-state index contributed by atoms with van der Waals surface area (Å²) in [6.07, 6.45) is 1.20. The van der Waals surface area contributed by atoms with E-state index in [1.807, 2.05) is 19.1 Å². The maximum absolute atomic E-state index is 11.5. The van der Waals surface area contributed by atoms with Crippen LogP contribution in [0.4, 0.5) is 0 Å². The fraction of sp³-hybridized carbons (Fsp3) is 0.250. The van der Waals surface area contributed by atoms with Gasteiger partial charge in [0.2, 0.25) is 0 Å². The average Bonchev–Trinajstić information content (AvgIpc) is 2.45. The Labute approximate surface area is 125 Å². The lowest BCUT2D eigenvalue weighted by Crippen LogP contribution is -2.02. The maximum Gasteiger partial charge on any atom is 0.175 e. The van der Waals surface area contributed by atoms with Crippen LogP contribution in [0.25, 0.3) is 11.1 Å². The highest BCUT2D eigenvalue weighted by molar-refractivity contribution is 7.90. The van der Waals surface area contributed by atoms with Gasteiger partial charge in [0.1, 0.15) is 5.75 Å². The summed E-state index contributed by atoms with van der Waals surface area (Å²) in [4.78, 5) is 0.315. The molecule has 0 saturated heterocycles. The van der Waals surface area contributed by atoms with E-state index in [4.69, 9.17) is 10.5 Å². The molecule has 0 bridgehead atoms. The molecular weight excluding hydrogens is 286 g/mol. The number of hydrogen-bond donors (Lipinski definition) is 1. The van der Waals surface area contributed by atoms with Gasteiger partial charge in [-0.25, -0.2) is 8.42 Å². The molecule has 21 heavy (non-hydrogen) atoms. The lowest BCUT2D eigenvalue weighted by Gasteiger charge is -2.13. The third kappa shape index (κ3) is 3.25. The van der Waals surface area contributed by atoms with Crippen molar-refractivity contribution >= 4 is 9.84 Å². The number of methoxy groups -OCH3 is 1. The normalized spacial score (nSPS) is 11.4. The topological polar surface area (TPSA) is 69.4 Å². The summed E-state index contributed by atoms with van der Waals surface area (Å²) in [6, 6.07) is 10.8. The van der Waals surface area contributed by atoms with Crippen LogP contribution in [0.1, 0.15) is 11.1 Å². The first-order chi connectivity index (χ1) is 9.86. The predicted octanol–water partition coefficient (Wildman–Crippen LogP) is 2.53. The zero-order chi connectivity index (χ0) is 15.6. The Morgan fingerprint density at radius 1 is 1.10 bits per heavy atom. The van der Waals surface area contributed by atoms with Gasteiger partial charge in [-0.1, -0.05) is 12.1 Å². The molecule has 0 aromatic heterocycles. The lowest BCUT2D eigenvalue weighted by molar-refractivity contribution is 0.407. The van der Waals surface area contributed by atoms with Crippen LogP contribution in [-0.4, -0.2) is 21.8 Å². The smallest absolute Gasteiger partial charge is 0.175 e. The molecule has 2 aromatic rings. The van der Waals surface area contributed by atoms with Gasteiger partial charge in [-0.3, -0.25) is 0 Å². The first kappa shape index (κ1) is 15.5. The number of ether oxygens (including phenoxy) is 1. The van der Waals surface area contributed by atoms with Crippen molar-refractivity contribution in [3.05, 3.63) is 47.5 Å². The van der Waals surface area contributed by atoms with Crippen molar-refractivity contribution in [2.24, 2.45) is 5.73 Å². The first-order valence-corrected chi connectivity index (χ1v) is 8.44. The van der Waals surface area contributed by atoms with E-state index < -0.39 is 9.84 Å². The van der Waals surface area contributed by atoms with Gasteiger partial charge in [0.25, 0.3) is 0 Å². The van der Waals surface area contributed by atoms with Crippen molar-refractivity contribution in [1.29, 1.82) is 0 Å².